The number of amides is 2. The number of nitrogens with one attached hydrogen (secondary N) is 2. The average Bonchev–Trinajstić information content (AvgIpc) is 2.79. The highest BCUT2D eigenvalue weighted by molar-refractivity contribution is 5.84. The highest BCUT2D eigenvalue weighted by Crippen LogP contribution is 2.13. The third-order valence-corrected chi connectivity index (χ3v) is 3.85. The monoisotopic (exact) mass is 444 g/mol. The second-order valence-electron chi connectivity index (χ2n) is 6.59. The van der Waals surface area contributed by atoms with E-state index < -0.39 is 0 Å². The molecule has 2 amide bonds. The molecule has 0 heterocycles. The number of rotatable bonds is 11. The number of hydrogen-bond donors (Lipinski definition) is 2. The molecule has 0 aliphatic rings. The van der Waals surface area contributed by atoms with E-state index in [-0.39, 0.29) is 31.4 Å². The van der Waals surface area contributed by atoms with Crippen LogP contribution in [0.4, 0.5) is 0 Å². The number of hydrogen-bond acceptors (Lipinski definition) is 6. The molecule has 0 aliphatic heterocycles. The Morgan fingerprint density at radius 2 is 1.47 bits per heavy atom. The van der Waals surface area contributed by atoms with E-state index in [1.54, 1.807) is 7.11 Å². The van der Waals surface area contributed by atoms with Crippen LogP contribution in [0.2, 0.25) is 0 Å². The van der Waals surface area contributed by atoms with Gasteiger partial charge in [-0.25, -0.2) is 0 Å². The van der Waals surface area contributed by atoms with Gasteiger partial charge in [-0.15, -0.1) is 0 Å². The third kappa shape index (κ3) is 11.8. The Morgan fingerprint density at radius 3 is 2.00 bits per heavy atom. The Hall–Kier alpha value is -3.20. The second-order valence-corrected chi connectivity index (χ2v) is 6.59. The standard InChI is InChI=1S/C12H17NO3.C12H15NO3/c2*1-10(14)13-12(8-16-9-15-2)11-6-4-3-5-7-11/h3-7,12H,8-9H2,1-2H3,(H,13,14);3-8H,9H2,1-2H3,(H,13,14)/b;12-8-/t12-;/m1./s1. The summed E-state index contributed by atoms with van der Waals surface area (Å²) in [4.78, 5) is 22.1. The molecule has 2 rings (SSSR count). The summed E-state index contributed by atoms with van der Waals surface area (Å²) in [5.74, 6) is -0.217. The van der Waals surface area contributed by atoms with Crippen LogP contribution in [0.3, 0.4) is 0 Å². The van der Waals surface area contributed by atoms with Crippen molar-refractivity contribution in [1.82, 2.24) is 10.6 Å². The summed E-state index contributed by atoms with van der Waals surface area (Å²) in [5, 5.41) is 5.53. The van der Waals surface area contributed by atoms with Gasteiger partial charge in [-0.1, -0.05) is 60.7 Å². The maximum Gasteiger partial charge on any atom is 0.221 e. The molecule has 2 aromatic carbocycles. The molecule has 8 nitrogen and oxygen atoms in total. The first-order valence-corrected chi connectivity index (χ1v) is 10.00. The van der Waals surface area contributed by atoms with E-state index in [0.29, 0.717) is 12.3 Å². The Bertz CT molecular complexity index is 812. The first-order valence-electron chi connectivity index (χ1n) is 10.00. The molecule has 0 fully saturated rings. The van der Waals surface area contributed by atoms with E-state index in [1.807, 2.05) is 60.7 Å². The van der Waals surface area contributed by atoms with Gasteiger partial charge < -0.3 is 29.6 Å². The third-order valence-electron chi connectivity index (χ3n) is 3.85. The van der Waals surface area contributed by atoms with Crippen molar-refractivity contribution in [2.75, 3.05) is 34.4 Å². The van der Waals surface area contributed by atoms with Crippen molar-refractivity contribution in [2.24, 2.45) is 0 Å². The van der Waals surface area contributed by atoms with Crippen LogP contribution < -0.4 is 10.6 Å². The molecule has 0 radical (unpaired) electrons. The van der Waals surface area contributed by atoms with Crippen LogP contribution in [0.15, 0.2) is 66.9 Å². The van der Waals surface area contributed by atoms with E-state index in [4.69, 9.17) is 18.9 Å². The van der Waals surface area contributed by atoms with Crippen molar-refractivity contribution in [3.8, 4) is 0 Å². The first-order chi connectivity index (χ1) is 15.5. The van der Waals surface area contributed by atoms with Gasteiger partial charge in [0.15, 0.2) is 6.79 Å². The molecule has 0 aromatic heterocycles. The van der Waals surface area contributed by atoms with Gasteiger partial charge in [-0.05, 0) is 5.56 Å². The predicted molar refractivity (Wildman–Crippen MR) is 122 cm³/mol. The molecule has 1 atom stereocenters. The van der Waals surface area contributed by atoms with E-state index in [1.165, 1.54) is 27.2 Å². The van der Waals surface area contributed by atoms with Crippen LogP contribution in [0.25, 0.3) is 5.70 Å². The molecule has 0 saturated carbocycles. The Morgan fingerprint density at radius 1 is 0.875 bits per heavy atom. The summed E-state index contributed by atoms with van der Waals surface area (Å²) >= 11 is 0. The Kier molecular flexibility index (Phi) is 13.8. The molecule has 32 heavy (non-hydrogen) atoms. The van der Waals surface area contributed by atoms with Gasteiger partial charge in [0, 0.05) is 33.6 Å². The molecule has 2 aromatic rings. The zero-order chi connectivity index (χ0) is 23.6. The van der Waals surface area contributed by atoms with Gasteiger partial charge in [-0.3, -0.25) is 9.59 Å². The molecular formula is C24H32N2O6. The summed E-state index contributed by atoms with van der Waals surface area (Å²) < 4.78 is 19.9. The predicted octanol–water partition coefficient (Wildman–Crippen LogP) is 3.23. The lowest BCUT2D eigenvalue weighted by Gasteiger charge is -2.18. The molecule has 2 N–H and O–H groups in total. The Labute approximate surface area is 189 Å². The summed E-state index contributed by atoms with van der Waals surface area (Å²) in [5.41, 5.74) is 2.52. The van der Waals surface area contributed by atoms with Crippen LogP contribution in [0, 0.1) is 0 Å². The van der Waals surface area contributed by atoms with Crippen LogP contribution in [-0.2, 0) is 28.5 Å². The fourth-order valence-corrected chi connectivity index (χ4v) is 2.56. The number of benzene rings is 2. The largest absolute Gasteiger partial charge is 0.473 e. The van der Waals surface area contributed by atoms with Crippen LogP contribution in [0.1, 0.15) is 31.0 Å². The fourth-order valence-electron chi connectivity index (χ4n) is 2.56. The molecule has 0 bridgehead atoms. The van der Waals surface area contributed by atoms with E-state index in [2.05, 4.69) is 10.6 Å². The molecule has 174 valence electrons. The van der Waals surface area contributed by atoms with E-state index in [9.17, 15) is 9.59 Å². The van der Waals surface area contributed by atoms with Crippen molar-refractivity contribution in [3.63, 3.8) is 0 Å². The number of carbonyl (C=O) groups excluding carboxylic acids is 2. The SMILES string of the molecule is COCO/C=C(\NC(C)=O)c1ccccc1.COCOC[C@@H](NC(C)=O)c1ccccc1. The van der Waals surface area contributed by atoms with Crippen molar-refractivity contribution in [2.45, 2.75) is 19.9 Å². The molecule has 0 aliphatic carbocycles. The van der Waals surface area contributed by atoms with Crippen molar-refractivity contribution >= 4 is 17.5 Å². The van der Waals surface area contributed by atoms with Crippen LogP contribution in [-0.4, -0.2) is 46.2 Å². The highest BCUT2D eigenvalue weighted by atomic mass is 16.7. The molecule has 8 heteroatoms. The van der Waals surface area contributed by atoms with Gasteiger partial charge in [-0.2, -0.15) is 0 Å². The summed E-state index contributed by atoms with van der Waals surface area (Å²) in [6.07, 6.45) is 1.47. The van der Waals surface area contributed by atoms with E-state index in [0.717, 1.165) is 11.1 Å². The first kappa shape index (κ1) is 26.8. The lowest BCUT2D eigenvalue weighted by molar-refractivity contribution is -0.121. The van der Waals surface area contributed by atoms with E-state index >= 15 is 0 Å². The normalized spacial score (nSPS) is 11.6. The van der Waals surface area contributed by atoms with Gasteiger partial charge >= 0.3 is 0 Å². The lowest BCUT2D eigenvalue weighted by Crippen LogP contribution is -2.29. The average molecular weight is 445 g/mol. The number of carbonyl (C=O) groups is 2. The second kappa shape index (κ2) is 16.5. The number of ether oxygens (including phenoxy) is 4. The maximum atomic E-state index is 11.1. The lowest BCUT2D eigenvalue weighted by atomic mass is 10.1. The van der Waals surface area contributed by atoms with Crippen LogP contribution >= 0.6 is 0 Å². The molecule has 0 unspecified atom stereocenters. The van der Waals surface area contributed by atoms with Gasteiger partial charge in [0.1, 0.15) is 13.1 Å². The van der Waals surface area contributed by atoms with Crippen molar-refractivity contribution in [1.29, 1.82) is 0 Å². The highest BCUT2D eigenvalue weighted by Gasteiger charge is 2.12. The van der Waals surface area contributed by atoms with Gasteiger partial charge in [0.25, 0.3) is 0 Å². The minimum Gasteiger partial charge on any atom is -0.473 e. The smallest absolute Gasteiger partial charge is 0.221 e. The zero-order valence-corrected chi connectivity index (χ0v) is 19.0. The summed E-state index contributed by atoms with van der Waals surface area (Å²) in [6.45, 7) is 3.72. The topological polar surface area (TPSA) is 95.1 Å². The van der Waals surface area contributed by atoms with Crippen LogP contribution in [0.5, 0.6) is 0 Å². The van der Waals surface area contributed by atoms with Gasteiger partial charge in [0.05, 0.1) is 18.3 Å². The summed E-state index contributed by atoms with van der Waals surface area (Å²) in [6, 6.07) is 19.0. The quantitative estimate of drug-likeness (QED) is 0.314. The minimum atomic E-state index is -0.142. The zero-order valence-electron chi connectivity index (χ0n) is 19.0. The summed E-state index contributed by atoms with van der Waals surface area (Å²) in [7, 11) is 3.10. The maximum absolute atomic E-state index is 11.1. The fraction of sp³-hybridized carbons (Fsp3) is 0.333. The van der Waals surface area contributed by atoms with Crippen molar-refractivity contribution < 1.29 is 28.5 Å². The van der Waals surface area contributed by atoms with Crippen molar-refractivity contribution in [3.05, 3.63) is 78.1 Å². The molecular weight excluding hydrogens is 412 g/mol. The molecule has 0 saturated heterocycles. The van der Waals surface area contributed by atoms with Gasteiger partial charge in [0.2, 0.25) is 11.8 Å². The number of methoxy groups -OCH3 is 2. The molecule has 0 spiro atoms. The Balaban J connectivity index is 0.000000320. The minimum absolute atomic E-state index is 0.0742.